The molecule has 0 aromatic heterocycles. The summed E-state index contributed by atoms with van der Waals surface area (Å²) in [4.78, 5) is 2.22. The fourth-order valence-electron chi connectivity index (χ4n) is 2.37. The van der Waals surface area contributed by atoms with Crippen LogP contribution < -0.4 is 5.32 Å². The van der Waals surface area contributed by atoms with Crippen LogP contribution in [0.3, 0.4) is 0 Å². The zero-order chi connectivity index (χ0) is 10.2. The van der Waals surface area contributed by atoms with Gasteiger partial charge in [-0.05, 0) is 25.8 Å². The van der Waals surface area contributed by atoms with Gasteiger partial charge in [0.15, 0.2) is 0 Å². The van der Waals surface area contributed by atoms with Crippen LogP contribution >= 0.6 is 0 Å². The summed E-state index contributed by atoms with van der Waals surface area (Å²) >= 11 is 0. The molecule has 1 N–H and O–H groups in total. The summed E-state index contributed by atoms with van der Waals surface area (Å²) in [6, 6.07) is 0.606. The molecule has 1 aliphatic carbocycles. The molecule has 0 radical (unpaired) electrons. The highest BCUT2D eigenvalue weighted by molar-refractivity contribution is 5.03. The number of alkyl halides is 2. The van der Waals surface area contributed by atoms with E-state index in [1.807, 2.05) is 6.92 Å². The molecule has 1 unspecified atom stereocenters. The Kier molecular flexibility index (Phi) is 2.75. The Morgan fingerprint density at radius 3 is 2.71 bits per heavy atom. The minimum absolute atomic E-state index is 0.531. The number of likely N-dealkylation sites (N-methyl/N-ethyl adjacent to an activating group) is 1. The molecule has 0 amide bonds. The minimum Gasteiger partial charge on any atom is -0.306 e. The van der Waals surface area contributed by atoms with E-state index in [-0.39, 0.29) is 0 Å². The molecule has 14 heavy (non-hydrogen) atoms. The molecule has 2 nitrogen and oxygen atoms in total. The van der Waals surface area contributed by atoms with Gasteiger partial charge in [0.05, 0.1) is 5.54 Å². The molecule has 2 rings (SSSR count). The lowest BCUT2D eigenvalue weighted by atomic mass is 9.99. The first-order valence-electron chi connectivity index (χ1n) is 5.45. The van der Waals surface area contributed by atoms with Crippen LogP contribution in [0, 0.1) is 0 Å². The number of nitrogens with one attached hydrogen (secondary N) is 1. The number of nitrogens with zero attached hydrogens (tertiary/aromatic N) is 1. The predicted molar refractivity (Wildman–Crippen MR) is 51.6 cm³/mol. The maximum absolute atomic E-state index is 13.0. The lowest BCUT2D eigenvalue weighted by molar-refractivity contribution is 0.0351. The summed E-state index contributed by atoms with van der Waals surface area (Å²) in [7, 11) is 0. The van der Waals surface area contributed by atoms with Crippen LogP contribution in [0.25, 0.3) is 0 Å². The van der Waals surface area contributed by atoms with Crippen molar-refractivity contribution in [2.75, 3.05) is 19.6 Å². The van der Waals surface area contributed by atoms with E-state index in [4.69, 9.17) is 0 Å². The molecule has 0 aromatic carbocycles. The second-order valence-corrected chi connectivity index (χ2v) is 4.44. The van der Waals surface area contributed by atoms with Crippen LogP contribution in [0.5, 0.6) is 0 Å². The first-order valence-corrected chi connectivity index (χ1v) is 5.45. The van der Waals surface area contributed by atoms with Crippen LogP contribution in [0.15, 0.2) is 0 Å². The molecule has 0 spiro atoms. The summed E-state index contributed by atoms with van der Waals surface area (Å²) in [5.74, 6) is 0. The third-order valence-electron chi connectivity index (χ3n) is 3.34. The highest BCUT2D eigenvalue weighted by Gasteiger charge is 2.48. The molecule has 1 saturated heterocycles. The summed E-state index contributed by atoms with van der Waals surface area (Å²) in [6.07, 6.45) is 0.748. The largest absolute Gasteiger partial charge is 0.306 e. The van der Waals surface area contributed by atoms with Gasteiger partial charge in [-0.1, -0.05) is 6.92 Å². The summed E-state index contributed by atoms with van der Waals surface area (Å²) < 4.78 is 25.9. The zero-order valence-electron chi connectivity index (χ0n) is 8.60. The Bertz CT molecular complexity index is 206. The van der Waals surface area contributed by atoms with Gasteiger partial charge in [-0.15, -0.1) is 0 Å². The second kappa shape index (κ2) is 3.74. The van der Waals surface area contributed by atoms with E-state index in [9.17, 15) is 8.78 Å². The van der Waals surface area contributed by atoms with Crippen LogP contribution in [-0.4, -0.2) is 42.5 Å². The van der Waals surface area contributed by atoms with Crippen molar-refractivity contribution in [3.63, 3.8) is 0 Å². The van der Waals surface area contributed by atoms with Gasteiger partial charge in [0.2, 0.25) is 0 Å². The highest BCUT2D eigenvalue weighted by Crippen LogP contribution is 2.35. The molecule has 1 heterocycles. The third kappa shape index (κ3) is 1.77. The fraction of sp³-hybridized carbons (Fsp3) is 1.00. The first kappa shape index (κ1) is 10.3. The van der Waals surface area contributed by atoms with Gasteiger partial charge in [0, 0.05) is 19.1 Å². The number of rotatable bonds is 4. The van der Waals surface area contributed by atoms with E-state index >= 15 is 0 Å². The van der Waals surface area contributed by atoms with Gasteiger partial charge in [0.1, 0.15) is 0 Å². The maximum Gasteiger partial charge on any atom is 0.257 e. The summed E-state index contributed by atoms with van der Waals surface area (Å²) in [5, 5.41) is 2.98. The standard InChI is InChI=1S/C10H18F2N2/c1-2-13-10(9(11)12)5-6-14(7-10)8-3-4-8/h8-9,13H,2-7H2,1H3. The minimum atomic E-state index is -2.24. The number of halogens is 2. The quantitative estimate of drug-likeness (QED) is 0.746. The molecule has 1 aliphatic heterocycles. The van der Waals surface area contributed by atoms with E-state index in [0.29, 0.717) is 25.6 Å². The molecule has 0 bridgehead atoms. The van der Waals surface area contributed by atoms with Gasteiger partial charge in [-0.2, -0.15) is 0 Å². The Labute approximate surface area is 83.7 Å². The topological polar surface area (TPSA) is 15.3 Å². The average molecular weight is 204 g/mol. The Balaban J connectivity index is 1.98. The molecule has 0 aromatic rings. The van der Waals surface area contributed by atoms with Gasteiger partial charge in [-0.25, -0.2) is 8.78 Å². The average Bonchev–Trinajstić information content (AvgIpc) is 2.89. The molecule has 2 fully saturated rings. The lowest BCUT2D eigenvalue weighted by Crippen LogP contribution is -2.53. The van der Waals surface area contributed by atoms with Crippen molar-refractivity contribution in [3.8, 4) is 0 Å². The third-order valence-corrected chi connectivity index (χ3v) is 3.34. The molecule has 1 atom stereocenters. The van der Waals surface area contributed by atoms with Crippen molar-refractivity contribution in [1.82, 2.24) is 10.2 Å². The van der Waals surface area contributed by atoms with E-state index in [1.165, 1.54) is 12.8 Å². The van der Waals surface area contributed by atoms with Crippen LogP contribution in [0.2, 0.25) is 0 Å². The van der Waals surface area contributed by atoms with Crippen LogP contribution in [0.4, 0.5) is 8.78 Å². The van der Waals surface area contributed by atoms with Crippen molar-refractivity contribution >= 4 is 0 Å². The van der Waals surface area contributed by atoms with Crippen LogP contribution in [-0.2, 0) is 0 Å². The van der Waals surface area contributed by atoms with Gasteiger partial charge in [0.25, 0.3) is 6.43 Å². The number of likely N-dealkylation sites (tertiary alicyclic amines) is 1. The van der Waals surface area contributed by atoms with E-state index in [2.05, 4.69) is 10.2 Å². The Hall–Kier alpha value is -0.220. The zero-order valence-corrected chi connectivity index (χ0v) is 8.60. The molecule has 4 heteroatoms. The fourth-order valence-corrected chi connectivity index (χ4v) is 2.37. The van der Waals surface area contributed by atoms with Gasteiger partial charge in [-0.3, -0.25) is 4.90 Å². The maximum atomic E-state index is 13.0. The van der Waals surface area contributed by atoms with E-state index in [1.54, 1.807) is 0 Å². The van der Waals surface area contributed by atoms with Gasteiger partial charge < -0.3 is 5.32 Å². The Morgan fingerprint density at radius 2 is 2.21 bits per heavy atom. The Morgan fingerprint density at radius 1 is 1.50 bits per heavy atom. The van der Waals surface area contributed by atoms with Gasteiger partial charge >= 0.3 is 0 Å². The monoisotopic (exact) mass is 204 g/mol. The number of hydrogen-bond donors (Lipinski definition) is 1. The normalized spacial score (nSPS) is 34.3. The summed E-state index contributed by atoms with van der Waals surface area (Å²) in [6.45, 7) is 3.89. The van der Waals surface area contributed by atoms with E-state index < -0.39 is 12.0 Å². The number of hydrogen-bond acceptors (Lipinski definition) is 2. The highest BCUT2D eigenvalue weighted by atomic mass is 19.3. The van der Waals surface area contributed by atoms with Crippen molar-refractivity contribution in [2.45, 2.75) is 44.2 Å². The molecular formula is C10H18F2N2. The lowest BCUT2D eigenvalue weighted by Gasteiger charge is -2.29. The second-order valence-electron chi connectivity index (χ2n) is 4.44. The van der Waals surface area contributed by atoms with Crippen molar-refractivity contribution < 1.29 is 8.78 Å². The van der Waals surface area contributed by atoms with Crippen molar-refractivity contribution in [3.05, 3.63) is 0 Å². The molecular weight excluding hydrogens is 186 g/mol. The smallest absolute Gasteiger partial charge is 0.257 e. The summed E-state index contributed by atoms with van der Waals surface area (Å²) in [5.41, 5.74) is -0.919. The predicted octanol–water partition coefficient (Wildman–Crippen LogP) is 1.47. The van der Waals surface area contributed by atoms with Crippen molar-refractivity contribution in [1.29, 1.82) is 0 Å². The first-order chi connectivity index (χ1) is 6.68. The van der Waals surface area contributed by atoms with Crippen LogP contribution in [0.1, 0.15) is 26.2 Å². The molecule has 82 valence electrons. The molecule has 2 aliphatic rings. The SMILES string of the molecule is CCNC1(C(F)F)CCN(C2CC2)C1. The van der Waals surface area contributed by atoms with Crippen molar-refractivity contribution in [2.24, 2.45) is 0 Å². The van der Waals surface area contributed by atoms with E-state index in [0.717, 1.165) is 6.54 Å². The molecule has 1 saturated carbocycles.